The molecule has 3 aromatic rings. The van der Waals surface area contributed by atoms with E-state index >= 15 is 0 Å². The third-order valence-corrected chi connectivity index (χ3v) is 3.09. The van der Waals surface area contributed by atoms with Gasteiger partial charge in [-0.2, -0.15) is 9.78 Å². The summed E-state index contributed by atoms with van der Waals surface area (Å²) < 4.78 is 32.8. The molecule has 3 rings (SSSR count). The number of carbonyl (C=O) groups is 1. The lowest BCUT2D eigenvalue weighted by molar-refractivity contribution is 0.248. The average Bonchev–Trinajstić information content (AvgIpc) is 3.01. The molecule has 0 aliphatic heterocycles. The number of aromatic nitrogens is 2. The second kappa shape index (κ2) is 5.88. The molecule has 0 radical (unpaired) electrons. The normalized spacial score (nSPS) is 10.5. The molecule has 1 amide bonds. The van der Waals surface area contributed by atoms with E-state index in [4.69, 9.17) is 10.5 Å². The molecule has 2 aromatic carbocycles. The van der Waals surface area contributed by atoms with Crippen molar-refractivity contribution < 1.29 is 18.3 Å². The van der Waals surface area contributed by atoms with Crippen molar-refractivity contribution in [3.05, 3.63) is 66.4 Å². The number of hydrogen-bond acceptors (Lipinski definition) is 3. The van der Waals surface area contributed by atoms with Crippen LogP contribution in [0.1, 0.15) is 0 Å². The Morgan fingerprint density at radius 1 is 1.09 bits per heavy atom. The van der Waals surface area contributed by atoms with Gasteiger partial charge in [0.05, 0.1) is 5.69 Å². The number of primary amides is 1. The van der Waals surface area contributed by atoms with Gasteiger partial charge < -0.3 is 10.5 Å². The number of ether oxygens (including phenoxy) is 1. The van der Waals surface area contributed by atoms with E-state index in [0.717, 1.165) is 22.4 Å². The van der Waals surface area contributed by atoms with Crippen molar-refractivity contribution in [2.75, 3.05) is 0 Å². The Morgan fingerprint density at radius 2 is 1.83 bits per heavy atom. The number of halogens is 2. The van der Waals surface area contributed by atoms with Crippen LogP contribution in [0.3, 0.4) is 0 Å². The van der Waals surface area contributed by atoms with E-state index in [2.05, 4.69) is 5.10 Å². The van der Waals surface area contributed by atoms with Gasteiger partial charge in [0.25, 0.3) is 0 Å². The first-order valence-electron chi connectivity index (χ1n) is 6.62. The van der Waals surface area contributed by atoms with Crippen molar-refractivity contribution in [1.82, 2.24) is 9.78 Å². The topological polar surface area (TPSA) is 70.1 Å². The van der Waals surface area contributed by atoms with Gasteiger partial charge in [-0.05, 0) is 42.5 Å². The molecule has 0 saturated carbocycles. The molecule has 0 fully saturated rings. The van der Waals surface area contributed by atoms with E-state index in [1.165, 1.54) is 12.3 Å². The first kappa shape index (κ1) is 14.7. The van der Waals surface area contributed by atoms with Gasteiger partial charge in [-0.25, -0.2) is 13.6 Å². The molecule has 0 spiro atoms. The lowest BCUT2D eigenvalue weighted by Crippen LogP contribution is -2.19. The fraction of sp³-hybridized carbons (Fsp3) is 0. The van der Waals surface area contributed by atoms with Crippen LogP contribution in [-0.2, 0) is 0 Å². The minimum atomic E-state index is -0.783. The number of nitrogens with zero attached hydrogens (tertiary/aromatic N) is 2. The van der Waals surface area contributed by atoms with Crippen LogP contribution in [0.15, 0.2) is 54.7 Å². The largest absolute Gasteiger partial charge is 0.454 e. The Balaban J connectivity index is 1.80. The molecule has 0 saturated heterocycles. The van der Waals surface area contributed by atoms with Gasteiger partial charge in [-0.1, -0.05) is 0 Å². The maximum absolute atomic E-state index is 13.5. The molecule has 0 unspecified atom stereocenters. The van der Waals surface area contributed by atoms with E-state index in [1.807, 2.05) is 0 Å². The molecule has 5 nitrogen and oxygen atoms in total. The molecule has 2 N–H and O–H groups in total. The van der Waals surface area contributed by atoms with Gasteiger partial charge in [0.2, 0.25) is 0 Å². The minimum Gasteiger partial charge on any atom is -0.454 e. The number of benzene rings is 2. The average molecular weight is 314 g/mol. The highest BCUT2D eigenvalue weighted by molar-refractivity contribution is 5.74. The summed E-state index contributed by atoms with van der Waals surface area (Å²) in [7, 11) is 0. The van der Waals surface area contributed by atoms with Crippen LogP contribution in [0, 0.1) is 11.6 Å². The lowest BCUT2D eigenvalue weighted by atomic mass is 10.1. The van der Waals surface area contributed by atoms with Crippen LogP contribution in [-0.4, -0.2) is 15.8 Å². The van der Waals surface area contributed by atoms with Crippen LogP contribution < -0.4 is 10.5 Å². The van der Waals surface area contributed by atoms with Crippen LogP contribution in [0.25, 0.3) is 11.3 Å². The minimum absolute atomic E-state index is 0.0721. The third kappa shape index (κ3) is 3.18. The van der Waals surface area contributed by atoms with Crippen LogP contribution in [0.2, 0.25) is 0 Å². The smallest absolute Gasteiger partial charge is 0.339 e. The number of amides is 1. The molecule has 0 bridgehead atoms. The van der Waals surface area contributed by atoms with E-state index in [9.17, 15) is 13.6 Å². The second-order valence-corrected chi connectivity index (χ2v) is 4.68. The summed E-state index contributed by atoms with van der Waals surface area (Å²) in [5.74, 6) is -1.14. The van der Waals surface area contributed by atoms with Gasteiger partial charge >= 0.3 is 6.03 Å². The van der Waals surface area contributed by atoms with Crippen molar-refractivity contribution in [1.29, 1.82) is 0 Å². The van der Waals surface area contributed by atoms with Gasteiger partial charge in [0.15, 0.2) is 11.6 Å². The van der Waals surface area contributed by atoms with Crippen molar-refractivity contribution in [2.45, 2.75) is 0 Å². The number of hydrogen-bond donors (Lipinski definition) is 1. The first-order chi connectivity index (χ1) is 11.0. The van der Waals surface area contributed by atoms with Crippen LogP contribution >= 0.6 is 0 Å². The van der Waals surface area contributed by atoms with Gasteiger partial charge in [-0.3, -0.25) is 0 Å². The highest BCUT2D eigenvalue weighted by Crippen LogP contribution is 2.27. The van der Waals surface area contributed by atoms with Crippen molar-refractivity contribution in [3.8, 4) is 22.8 Å². The zero-order valence-corrected chi connectivity index (χ0v) is 11.7. The maximum atomic E-state index is 13.5. The predicted molar refractivity (Wildman–Crippen MR) is 79.1 cm³/mol. The Labute approximate surface area is 129 Å². The van der Waals surface area contributed by atoms with E-state index < -0.39 is 17.7 Å². The Bertz CT molecular complexity index is 860. The summed E-state index contributed by atoms with van der Waals surface area (Å²) >= 11 is 0. The van der Waals surface area contributed by atoms with E-state index in [1.54, 1.807) is 30.3 Å². The van der Waals surface area contributed by atoms with Crippen LogP contribution in [0.4, 0.5) is 13.6 Å². The van der Waals surface area contributed by atoms with Gasteiger partial charge in [-0.15, -0.1) is 0 Å². The SMILES string of the molecule is NC(=O)n1ccc(-c2ccc(Oc3ccc([18F])cc3F)cc2)n1. The molecule has 116 valence electrons. The van der Waals surface area contributed by atoms with Crippen molar-refractivity contribution >= 4 is 6.03 Å². The fourth-order valence-corrected chi connectivity index (χ4v) is 1.98. The summed E-state index contributed by atoms with van der Waals surface area (Å²) in [6, 6.07) is 10.7. The predicted octanol–water partition coefficient (Wildman–Crippen LogP) is 3.55. The summed E-state index contributed by atoms with van der Waals surface area (Å²) in [5.41, 5.74) is 6.41. The zero-order chi connectivity index (χ0) is 16.4. The summed E-state index contributed by atoms with van der Waals surface area (Å²) in [4.78, 5) is 11.0. The van der Waals surface area contributed by atoms with Gasteiger partial charge in [0.1, 0.15) is 11.6 Å². The lowest BCUT2D eigenvalue weighted by Gasteiger charge is -2.07. The first-order valence-corrected chi connectivity index (χ1v) is 6.62. The summed E-state index contributed by atoms with van der Waals surface area (Å²) in [5, 5.41) is 4.02. The molecule has 0 aliphatic carbocycles. The molecule has 0 atom stereocenters. The van der Waals surface area contributed by atoms with Crippen LogP contribution in [0.5, 0.6) is 11.5 Å². The molecule has 23 heavy (non-hydrogen) atoms. The standard InChI is InChI=1S/C16H11F2N3O2/c17-11-3-6-15(13(18)9-11)23-12-4-1-10(2-5-12)14-7-8-21(20-14)16(19)22/h1-9H,(H2,19,22)/i17-1. The molecule has 1 aromatic heterocycles. The molecular weight excluding hydrogens is 303 g/mol. The quantitative estimate of drug-likeness (QED) is 0.803. The van der Waals surface area contributed by atoms with Crippen molar-refractivity contribution in [3.63, 3.8) is 0 Å². The fourth-order valence-electron chi connectivity index (χ4n) is 1.98. The van der Waals surface area contributed by atoms with E-state index in [-0.39, 0.29) is 5.75 Å². The maximum Gasteiger partial charge on any atom is 0.339 e. The summed E-state index contributed by atoms with van der Waals surface area (Å²) in [6.07, 6.45) is 1.45. The number of nitrogens with two attached hydrogens (primary N) is 1. The Kier molecular flexibility index (Phi) is 3.76. The zero-order valence-electron chi connectivity index (χ0n) is 11.7. The summed E-state index contributed by atoms with van der Waals surface area (Å²) in [6.45, 7) is 0. The van der Waals surface area contributed by atoms with Gasteiger partial charge in [0, 0.05) is 17.8 Å². The molecule has 0 aliphatic rings. The number of rotatable bonds is 3. The molecular formula is C16H11F2N3O2. The van der Waals surface area contributed by atoms with E-state index in [0.29, 0.717) is 11.4 Å². The monoisotopic (exact) mass is 314 g/mol. The highest BCUT2D eigenvalue weighted by Gasteiger charge is 2.08. The molecule has 1 heterocycles. The second-order valence-electron chi connectivity index (χ2n) is 4.68. The van der Waals surface area contributed by atoms with Crippen molar-refractivity contribution in [2.24, 2.45) is 5.73 Å². The third-order valence-electron chi connectivity index (χ3n) is 3.09. The molecule has 7 heteroatoms. The Morgan fingerprint density at radius 3 is 2.43 bits per heavy atom. The highest BCUT2D eigenvalue weighted by atomic mass is 19.1. The Hall–Kier alpha value is -3.22. The number of carbonyl (C=O) groups excluding carboxylic acids is 1.